The summed E-state index contributed by atoms with van der Waals surface area (Å²) in [5.41, 5.74) is 0.189. The molecule has 0 aromatic carbocycles. The molecule has 0 aromatic heterocycles. The maximum Gasteiger partial charge on any atom is 0.306 e. The molecule has 0 aliphatic heterocycles. The zero-order chi connectivity index (χ0) is 12.3. The van der Waals surface area contributed by atoms with Crippen molar-refractivity contribution in [1.82, 2.24) is 0 Å². The highest BCUT2D eigenvalue weighted by Gasteiger charge is 2.45. The van der Waals surface area contributed by atoms with Gasteiger partial charge in [-0.25, -0.2) is 0 Å². The molecule has 98 valence electrons. The van der Waals surface area contributed by atoms with E-state index in [1.807, 2.05) is 11.8 Å². The Kier molecular flexibility index (Phi) is 4.36. The van der Waals surface area contributed by atoms with Gasteiger partial charge in [-0.2, -0.15) is 11.8 Å². The van der Waals surface area contributed by atoms with Crippen LogP contribution in [0.5, 0.6) is 0 Å². The van der Waals surface area contributed by atoms with Crippen molar-refractivity contribution in [2.75, 3.05) is 12.9 Å². The van der Waals surface area contributed by atoms with Crippen LogP contribution >= 0.6 is 11.8 Å². The minimum atomic E-state index is -0.136. The maximum atomic E-state index is 11.3. The summed E-state index contributed by atoms with van der Waals surface area (Å²) in [6.07, 6.45) is 7.16. The molecular weight excluding hydrogens is 236 g/mol. The molecule has 3 nitrogen and oxygen atoms in total. The molecule has 2 aliphatic carbocycles. The van der Waals surface area contributed by atoms with Crippen LogP contribution in [-0.2, 0) is 9.53 Å². The van der Waals surface area contributed by atoms with Gasteiger partial charge < -0.3 is 9.84 Å². The lowest BCUT2D eigenvalue weighted by Crippen LogP contribution is -2.28. The summed E-state index contributed by atoms with van der Waals surface area (Å²) in [7, 11) is 1.45. The predicted octanol–water partition coefficient (Wildman–Crippen LogP) is 2.37. The van der Waals surface area contributed by atoms with E-state index in [-0.39, 0.29) is 17.5 Å². The van der Waals surface area contributed by atoms with E-state index in [0.29, 0.717) is 11.7 Å². The smallest absolute Gasteiger partial charge is 0.306 e. The highest BCUT2D eigenvalue weighted by Crippen LogP contribution is 2.52. The second-order valence-corrected chi connectivity index (χ2v) is 6.68. The number of aliphatic hydroxyl groups excluding tert-OH is 1. The summed E-state index contributed by atoms with van der Waals surface area (Å²) in [6.45, 7) is 0. The number of esters is 1. The first kappa shape index (κ1) is 13.2. The van der Waals surface area contributed by atoms with Gasteiger partial charge in [-0.15, -0.1) is 0 Å². The van der Waals surface area contributed by atoms with E-state index >= 15 is 0 Å². The van der Waals surface area contributed by atoms with Gasteiger partial charge in [0.1, 0.15) is 0 Å². The van der Waals surface area contributed by atoms with Crippen LogP contribution in [0.1, 0.15) is 44.9 Å². The van der Waals surface area contributed by atoms with Gasteiger partial charge in [0.05, 0.1) is 19.6 Å². The fourth-order valence-electron chi connectivity index (χ4n) is 2.48. The highest BCUT2D eigenvalue weighted by atomic mass is 32.2. The van der Waals surface area contributed by atoms with Gasteiger partial charge in [-0.3, -0.25) is 4.79 Å². The predicted molar refractivity (Wildman–Crippen MR) is 69.0 cm³/mol. The Labute approximate surface area is 107 Å². The topological polar surface area (TPSA) is 46.5 Å². The average Bonchev–Trinajstić information content (AvgIpc) is 3.08. The lowest BCUT2D eigenvalue weighted by molar-refractivity contribution is -0.141. The number of thioether (sulfide) groups is 1. The molecule has 0 aromatic rings. The van der Waals surface area contributed by atoms with Crippen molar-refractivity contribution in [3.8, 4) is 0 Å². The zero-order valence-electron chi connectivity index (χ0n) is 10.5. The van der Waals surface area contributed by atoms with E-state index in [1.54, 1.807) is 0 Å². The van der Waals surface area contributed by atoms with Crippen LogP contribution in [0.2, 0.25) is 0 Å². The number of rotatable bonds is 5. The Bertz CT molecular complexity index is 276. The summed E-state index contributed by atoms with van der Waals surface area (Å²) in [5.74, 6) is 0.913. The fraction of sp³-hybridized carbons (Fsp3) is 0.923. The first-order valence-electron chi connectivity index (χ1n) is 6.52. The number of hydrogen-bond acceptors (Lipinski definition) is 4. The third-order valence-corrected chi connectivity index (χ3v) is 5.73. The highest BCUT2D eigenvalue weighted by molar-refractivity contribution is 8.00. The molecule has 0 spiro atoms. The van der Waals surface area contributed by atoms with Gasteiger partial charge >= 0.3 is 5.97 Å². The van der Waals surface area contributed by atoms with Gasteiger partial charge in [0.25, 0.3) is 0 Å². The Hall–Kier alpha value is -0.220. The molecule has 2 rings (SSSR count). The lowest BCUT2D eigenvalue weighted by Gasteiger charge is -2.28. The molecule has 2 unspecified atom stereocenters. The molecule has 0 amide bonds. The Morgan fingerprint density at radius 1 is 1.41 bits per heavy atom. The van der Waals surface area contributed by atoms with E-state index in [9.17, 15) is 9.90 Å². The molecule has 2 fully saturated rings. The molecule has 2 aliphatic rings. The average molecular weight is 258 g/mol. The van der Waals surface area contributed by atoms with Crippen LogP contribution in [0.4, 0.5) is 0 Å². The Balaban J connectivity index is 1.75. The summed E-state index contributed by atoms with van der Waals surface area (Å²) >= 11 is 1.87. The van der Waals surface area contributed by atoms with Crippen LogP contribution in [0, 0.1) is 5.41 Å². The SMILES string of the molecule is COC(=O)CC1(CSC2CCCCC2O)CC1. The normalized spacial score (nSPS) is 30.9. The Morgan fingerprint density at radius 3 is 2.71 bits per heavy atom. The third-order valence-electron chi connectivity index (χ3n) is 3.98. The molecule has 0 heterocycles. The molecule has 4 heteroatoms. The zero-order valence-corrected chi connectivity index (χ0v) is 11.3. The van der Waals surface area contributed by atoms with Crippen molar-refractivity contribution in [2.24, 2.45) is 5.41 Å². The van der Waals surface area contributed by atoms with Crippen molar-refractivity contribution in [3.05, 3.63) is 0 Å². The number of hydrogen-bond donors (Lipinski definition) is 1. The van der Waals surface area contributed by atoms with Crippen molar-refractivity contribution < 1.29 is 14.6 Å². The number of carbonyl (C=O) groups excluding carboxylic acids is 1. The van der Waals surface area contributed by atoms with E-state index in [1.165, 1.54) is 13.5 Å². The monoisotopic (exact) mass is 258 g/mol. The molecule has 0 bridgehead atoms. The first-order chi connectivity index (χ1) is 8.15. The van der Waals surface area contributed by atoms with Crippen LogP contribution in [0.25, 0.3) is 0 Å². The third kappa shape index (κ3) is 3.62. The largest absolute Gasteiger partial charge is 0.469 e. The fourth-order valence-corrected chi connectivity index (χ4v) is 4.13. The van der Waals surface area contributed by atoms with Gasteiger partial charge in [-0.1, -0.05) is 12.8 Å². The van der Waals surface area contributed by atoms with Crippen molar-refractivity contribution in [2.45, 2.75) is 56.3 Å². The number of methoxy groups -OCH3 is 1. The van der Waals surface area contributed by atoms with Crippen LogP contribution in [0.3, 0.4) is 0 Å². The van der Waals surface area contributed by atoms with E-state index in [2.05, 4.69) is 0 Å². The maximum absolute atomic E-state index is 11.3. The van der Waals surface area contributed by atoms with Crippen LogP contribution in [0.15, 0.2) is 0 Å². The van der Waals surface area contributed by atoms with Crippen LogP contribution < -0.4 is 0 Å². The summed E-state index contributed by atoms with van der Waals surface area (Å²) in [6, 6.07) is 0. The van der Waals surface area contributed by atoms with Gasteiger partial charge in [0.2, 0.25) is 0 Å². The van der Waals surface area contributed by atoms with Gasteiger partial charge in [0, 0.05) is 5.25 Å². The van der Waals surface area contributed by atoms with Crippen LogP contribution in [-0.4, -0.2) is 35.3 Å². The lowest BCUT2D eigenvalue weighted by atomic mass is 9.97. The summed E-state index contributed by atoms with van der Waals surface area (Å²) in [4.78, 5) is 11.3. The van der Waals surface area contributed by atoms with E-state index < -0.39 is 0 Å². The van der Waals surface area contributed by atoms with E-state index in [4.69, 9.17) is 4.74 Å². The molecular formula is C13H22O3S. The summed E-state index contributed by atoms with van der Waals surface area (Å²) < 4.78 is 4.74. The molecule has 2 atom stereocenters. The molecule has 0 saturated heterocycles. The van der Waals surface area contributed by atoms with Gasteiger partial charge in [-0.05, 0) is 36.9 Å². The van der Waals surface area contributed by atoms with Crippen molar-refractivity contribution >= 4 is 17.7 Å². The van der Waals surface area contributed by atoms with Crippen molar-refractivity contribution in [1.29, 1.82) is 0 Å². The van der Waals surface area contributed by atoms with E-state index in [0.717, 1.165) is 37.9 Å². The molecule has 0 radical (unpaired) electrons. The first-order valence-corrected chi connectivity index (χ1v) is 7.57. The second kappa shape index (κ2) is 5.61. The molecule has 2 saturated carbocycles. The minimum absolute atomic E-state index is 0.0905. The molecule has 17 heavy (non-hydrogen) atoms. The minimum Gasteiger partial charge on any atom is -0.469 e. The van der Waals surface area contributed by atoms with Crippen molar-refractivity contribution in [3.63, 3.8) is 0 Å². The van der Waals surface area contributed by atoms with Gasteiger partial charge in [0.15, 0.2) is 0 Å². The number of ether oxygens (including phenoxy) is 1. The second-order valence-electron chi connectivity index (χ2n) is 5.45. The number of aliphatic hydroxyl groups is 1. The molecule has 1 N–H and O–H groups in total. The summed E-state index contributed by atoms with van der Waals surface area (Å²) in [5, 5.41) is 10.3. The number of carbonyl (C=O) groups is 1. The standard InChI is InChI=1S/C13H22O3S/c1-16-12(15)8-13(6-7-13)9-17-11-5-3-2-4-10(11)14/h10-11,14H,2-9H2,1H3. The Morgan fingerprint density at radius 2 is 2.12 bits per heavy atom. The quantitative estimate of drug-likeness (QED) is 0.769.